The summed E-state index contributed by atoms with van der Waals surface area (Å²) in [5, 5.41) is 0. The first-order chi connectivity index (χ1) is 15.5. The van der Waals surface area contributed by atoms with Crippen molar-refractivity contribution in [1.82, 2.24) is 14.5 Å². The van der Waals surface area contributed by atoms with Crippen molar-refractivity contribution in [3.8, 4) is 17.0 Å². The van der Waals surface area contributed by atoms with E-state index in [-0.39, 0.29) is 17.4 Å². The van der Waals surface area contributed by atoms with Crippen LogP contribution >= 0.6 is 0 Å². The van der Waals surface area contributed by atoms with Gasteiger partial charge >= 0.3 is 0 Å². The summed E-state index contributed by atoms with van der Waals surface area (Å²) in [6.07, 6.45) is 7.10. The summed E-state index contributed by atoms with van der Waals surface area (Å²) >= 11 is 0. The second kappa shape index (κ2) is 8.33. The van der Waals surface area contributed by atoms with Gasteiger partial charge in [0.05, 0.1) is 11.9 Å². The second-order valence-electron chi connectivity index (χ2n) is 8.49. The molecule has 2 aliphatic rings. The lowest BCUT2D eigenvalue weighted by molar-refractivity contribution is 0.163. The maximum absolute atomic E-state index is 13.9. The first-order valence-corrected chi connectivity index (χ1v) is 10.9. The predicted octanol–water partition coefficient (Wildman–Crippen LogP) is 4.05. The predicted molar refractivity (Wildman–Crippen MR) is 117 cm³/mol. The molecule has 0 N–H and O–H groups in total. The van der Waals surface area contributed by atoms with E-state index in [0.717, 1.165) is 41.7 Å². The van der Waals surface area contributed by atoms with Gasteiger partial charge in [-0.25, -0.2) is 18.7 Å². The highest BCUT2D eigenvalue weighted by Crippen LogP contribution is 2.40. The molecule has 2 aromatic heterocycles. The molecule has 2 fully saturated rings. The smallest absolute Gasteiger partial charge is 0.250 e. The molecule has 0 bridgehead atoms. The number of rotatable bonds is 5. The minimum Gasteiger partial charge on any atom is -0.487 e. The van der Waals surface area contributed by atoms with E-state index >= 15 is 0 Å². The van der Waals surface area contributed by atoms with Crippen LogP contribution in [0.1, 0.15) is 37.3 Å². The second-order valence-corrected chi connectivity index (χ2v) is 8.49. The highest BCUT2D eigenvalue weighted by atomic mass is 19.1. The molecule has 1 aromatic carbocycles. The van der Waals surface area contributed by atoms with Crippen molar-refractivity contribution >= 4 is 5.82 Å². The van der Waals surface area contributed by atoms with Crippen LogP contribution in [0.4, 0.5) is 14.6 Å². The van der Waals surface area contributed by atoms with Crippen LogP contribution in [0.5, 0.6) is 5.75 Å². The molecule has 0 amide bonds. The van der Waals surface area contributed by atoms with Crippen LogP contribution in [0.3, 0.4) is 0 Å². The number of halogens is 2. The van der Waals surface area contributed by atoms with Crippen molar-refractivity contribution in [1.29, 1.82) is 0 Å². The van der Waals surface area contributed by atoms with Crippen molar-refractivity contribution in [2.24, 2.45) is 7.05 Å². The lowest BCUT2D eigenvalue weighted by Gasteiger charge is -2.33. The van der Waals surface area contributed by atoms with Crippen LogP contribution in [0.2, 0.25) is 0 Å². The monoisotopic (exact) mass is 438 g/mol. The van der Waals surface area contributed by atoms with Crippen LogP contribution in [0, 0.1) is 11.6 Å². The third-order valence-corrected chi connectivity index (χ3v) is 6.06. The van der Waals surface area contributed by atoms with E-state index in [1.807, 2.05) is 6.20 Å². The Morgan fingerprint density at radius 1 is 1.06 bits per heavy atom. The Labute approximate surface area is 184 Å². The van der Waals surface area contributed by atoms with Gasteiger partial charge in [-0.1, -0.05) is 0 Å². The summed E-state index contributed by atoms with van der Waals surface area (Å²) in [6.45, 7) is 1.34. The van der Waals surface area contributed by atoms with E-state index in [4.69, 9.17) is 14.7 Å². The van der Waals surface area contributed by atoms with Crippen LogP contribution in [0.15, 0.2) is 47.5 Å². The molecule has 3 aromatic rings. The number of aryl methyl sites for hydroxylation is 1. The number of ether oxygens (including phenoxy) is 1. The Kier molecular flexibility index (Phi) is 5.36. The van der Waals surface area contributed by atoms with E-state index in [1.54, 1.807) is 29.9 Å². The fourth-order valence-electron chi connectivity index (χ4n) is 4.07. The average Bonchev–Trinajstić information content (AvgIpc) is 3.63. The van der Waals surface area contributed by atoms with Gasteiger partial charge in [-0.05, 0) is 31.0 Å². The fourth-order valence-corrected chi connectivity index (χ4v) is 4.07. The van der Waals surface area contributed by atoms with Crippen molar-refractivity contribution in [2.45, 2.75) is 37.7 Å². The van der Waals surface area contributed by atoms with Gasteiger partial charge in [0, 0.05) is 62.8 Å². The molecule has 3 heterocycles. The minimum atomic E-state index is -0.689. The molecule has 0 spiro atoms. The average molecular weight is 438 g/mol. The van der Waals surface area contributed by atoms with Gasteiger partial charge in [-0.2, -0.15) is 0 Å². The zero-order valence-electron chi connectivity index (χ0n) is 17.8. The zero-order valence-corrected chi connectivity index (χ0v) is 17.8. The number of benzene rings is 1. The van der Waals surface area contributed by atoms with Crippen LogP contribution in [-0.4, -0.2) is 33.7 Å². The fraction of sp³-hybridized carbons (Fsp3) is 0.375. The molecule has 0 atom stereocenters. The summed E-state index contributed by atoms with van der Waals surface area (Å²) in [5.41, 5.74) is 2.54. The molecular weight excluding hydrogens is 414 g/mol. The molecular formula is C24H24F2N4O2. The van der Waals surface area contributed by atoms with E-state index in [0.29, 0.717) is 31.8 Å². The van der Waals surface area contributed by atoms with Gasteiger partial charge in [0.25, 0.3) is 0 Å². The van der Waals surface area contributed by atoms with Crippen molar-refractivity contribution in [2.75, 3.05) is 18.0 Å². The summed E-state index contributed by atoms with van der Waals surface area (Å²) in [6, 6.07) is 6.70. The Morgan fingerprint density at radius 3 is 2.53 bits per heavy atom. The van der Waals surface area contributed by atoms with E-state index in [2.05, 4.69) is 4.90 Å². The topological polar surface area (TPSA) is 60.3 Å². The van der Waals surface area contributed by atoms with Crippen LogP contribution in [0.25, 0.3) is 11.3 Å². The molecule has 32 heavy (non-hydrogen) atoms. The Hall–Kier alpha value is -3.29. The molecule has 0 radical (unpaired) electrons. The number of piperidine rings is 1. The lowest BCUT2D eigenvalue weighted by Crippen LogP contribution is -2.39. The van der Waals surface area contributed by atoms with Crippen molar-refractivity contribution < 1.29 is 13.5 Å². The third kappa shape index (κ3) is 4.22. The zero-order chi connectivity index (χ0) is 22.2. The Morgan fingerprint density at radius 2 is 1.84 bits per heavy atom. The molecule has 1 aliphatic heterocycles. The standard InChI is InChI=1S/C24H24F2N4O2/c1-29-14-16(4-7-22(29)31)23-24(27-13-20(28-23)15-2-3-15)30-10-8-18(9-11-30)32-21-6-5-17(25)12-19(21)26/h4-7,12-15,18H,2-3,8-11H2,1H3. The van der Waals surface area contributed by atoms with Crippen molar-refractivity contribution in [3.05, 3.63) is 70.4 Å². The maximum atomic E-state index is 13.9. The quantitative estimate of drug-likeness (QED) is 0.602. The summed E-state index contributed by atoms with van der Waals surface area (Å²) in [4.78, 5) is 23.7. The molecule has 6 nitrogen and oxygen atoms in total. The minimum absolute atomic E-state index is 0.0734. The van der Waals surface area contributed by atoms with E-state index in [9.17, 15) is 13.6 Å². The normalized spacial score (nSPS) is 16.9. The third-order valence-electron chi connectivity index (χ3n) is 6.06. The van der Waals surface area contributed by atoms with Crippen LogP contribution < -0.4 is 15.2 Å². The lowest BCUT2D eigenvalue weighted by atomic mass is 10.1. The Balaban J connectivity index is 1.37. The highest BCUT2D eigenvalue weighted by Gasteiger charge is 2.29. The van der Waals surface area contributed by atoms with E-state index < -0.39 is 11.6 Å². The molecule has 8 heteroatoms. The summed E-state index contributed by atoms with van der Waals surface area (Å²) in [5.74, 6) is 0.00567. The summed E-state index contributed by atoms with van der Waals surface area (Å²) < 4.78 is 34.4. The SMILES string of the molecule is Cn1cc(-c2nc(C3CC3)cnc2N2CCC(Oc3ccc(F)cc3F)CC2)ccc1=O. The number of aromatic nitrogens is 3. The maximum Gasteiger partial charge on any atom is 0.250 e. The number of hydrogen-bond donors (Lipinski definition) is 0. The number of pyridine rings is 1. The largest absolute Gasteiger partial charge is 0.487 e. The van der Waals surface area contributed by atoms with E-state index in [1.165, 1.54) is 12.1 Å². The summed E-state index contributed by atoms with van der Waals surface area (Å²) in [7, 11) is 1.72. The molecule has 1 saturated heterocycles. The number of nitrogens with zero attached hydrogens (tertiary/aromatic N) is 4. The molecule has 5 rings (SSSR count). The molecule has 1 aliphatic carbocycles. The van der Waals surface area contributed by atoms with Crippen LogP contribution in [-0.2, 0) is 7.05 Å². The number of hydrogen-bond acceptors (Lipinski definition) is 5. The highest BCUT2D eigenvalue weighted by molar-refractivity contribution is 5.72. The molecule has 0 unspecified atom stereocenters. The van der Waals surface area contributed by atoms with Gasteiger partial charge in [0.15, 0.2) is 17.4 Å². The Bertz CT molecular complexity index is 1200. The number of anilines is 1. The van der Waals surface area contributed by atoms with Gasteiger partial charge in [0.2, 0.25) is 5.56 Å². The molecule has 166 valence electrons. The molecule has 1 saturated carbocycles. The van der Waals surface area contributed by atoms with Gasteiger partial charge in [0.1, 0.15) is 17.6 Å². The van der Waals surface area contributed by atoms with Gasteiger partial charge in [-0.3, -0.25) is 4.79 Å². The first kappa shape index (κ1) is 20.6. The first-order valence-electron chi connectivity index (χ1n) is 10.9. The van der Waals surface area contributed by atoms with Gasteiger partial charge < -0.3 is 14.2 Å². The van der Waals surface area contributed by atoms with Gasteiger partial charge in [-0.15, -0.1) is 0 Å². The van der Waals surface area contributed by atoms with Crippen molar-refractivity contribution in [3.63, 3.8) is 0 Å².